The third-order valence-corrected chi connectivity index (χ3v) is 2.66. The summed E-state index contributed by atoms with van der Waals surface area (Å²) >= 11 is 0. The normalized spacial score (nSPS) is 10.2. The predicted octanol–water partition coefficient (Wildman–Crippen LogP) is 5.47. The molecule has 0 unspecified atom stereocenters. The van der Waals surface area contributed by atoms with Crippen LogP contribution in [-0.4, -0.2) is 9.97 Å². The van der Waals surface area contributed by atoms with E-state index in [4.69, 9.17) is 0 Å². The number of benzene rings is 1. The van der Waals surface area contributed by atoms with Gasteiger partial charge in [-0.05, 0) is 23.9 Å². The fourth-order valence-corrected chi connectivity index (χ4v) is 1.79. The molecule has 3 aromatic rings. The van der Waals surface area contributed by atoms with Crippen LogP contribution in [0.2, 0.25) is 0 Å². The van der Waals surface area contributed by atoms with Crippen molar-refractivity contribution in [1.82, 2.24) is 9.97 Å². The molecule has 0 aliphatic heterocycles. The van der Waals surface area contributed by atoms with Crippen LogP contribution < -0.4 is 0 Å². The number of hydrogen-bond acceptors (Lipinski definition) is 2. The molecule has 3 rings (SSSR count). The van der Waals surface area contributed by atoms with Crippen molar-refractivity contribution in [3.05, 3.63) is 79.9 Å². The maximum absolute atomic E-state index is 4.62. The van der Waals surface area contributed by atoms with Crippen molar-refractivity contribution in [2.24, 2.45) is 5.41 Å². The van der Waals surface area contributed by atoms with Gasteiger partial charge in [-0.15, -0.1) is 35.9 Å². The molecule has 0 saturated heterocycles. The molecule has 1 aromatic carbocycles. The van der Waals surface area contributed by atoms with Crippen molar-refractivity contribution in [1.29, 1.82) is 0 Å². The van der Waals surface area contributed by atoms with E-state index in [9.17, 15) is 0 Å². The topological polar surface area (TPSA) is 25.8 Å². The van der Waals surface area contributed by atoms with Gasteiger partial charge in [-0.2, -0.15) is 5.41 Å². The van der Waals surface area contributed by atoms with E-state index in [1.807, 2.05) is 60.7 Å². The first-order chi connectivity index (χ1) is 10.9. The van der Waals surface area contributed by atoms with E-state index in [2.05, 4.69) is 43.7 Å². The van der Waals surface area contributed by atoms with Crippen molar-refractivity contribution in [3.63, 3.8) is 0 Å². The second kappa shape index (κ2) is 9.49. The summed E-state index contributed by atoms with van der Waals surface area (Å²) in [6.07, 6.45) is 1.78. The zero-order valence-electron chi connectivity index (χ0n) is 14.3. The van der Waals surface area contributed by atoms with Crippen LogP contribution >= 0.6 is 0 Å². The zero-order chi connectivity index (χ0) is 16.7. The SMILES string of the molecule is [CH2-]C(C)(C)C.[Pt+2].[c-]1ccccc1-c1cccc(-c2ccccn2)n1. The van der Waals surface area contributed by atoms with E-state index in [0.717, 1.165) is 22.6 Å². The monoisotopic (exact) mass is 497 g/mol. The maximum atomic E-state index is 4.62. The van der Waals surface area contributed by atoms with Gasteiger partial charge in [-0.3, -0.25) is 9.97 Å². The Balaban J connectivity index is 0.000000425. The number of rotatable bonds is 2. The molecule has 0 saturated carbocycles. The largest absolute Gasteiger partial charge is 2.00 e. The Hall–Kier alpha value is -1.79. The fraction of sp³-hybridized carbons (Fsp3) is 0.190. The van der Waals surface area contributed by atoms with E-state index in [1.54, 1.807) is 6.20 Å². The van der Waals surface area contributed by atoms with Gasteiger partial charge >= 0.3 is 21.1 Å². The molecule has 0 radical (unpaired) electrons. The first kappa shape index (κ1) is 20.3. The van der Waals surface area contributed by atoms with Crippen molar-refractivity contribution in [2.75, 3.05) is 0 Å². The minimum absolute atomic E-state index is 0. The van der Waals surface area contributed by atoms with Gasteiger partial charge in [-0.25, -0.2) is 0 Å². The first-order valence-electron chi connectivity index (χ1n) is 7.64. The Morgan fingerprint density at radius 1 is 0.833 bits per heavy atom. The molecule has 0 aliphatic rings. The average molecular weight is 497 g/mol. The smallest absolute Gasteiger partial charge is 0.338 e. The van der Waals surface area contributed by atoms with E-state index in [1.165, 1.54) is 0 Å². The molecule has 3 heteroatoms. The Kier molecular flexibility index (Phi) is 8.01. The maximum Gasteiger partial charge on any atom is 2.00 e. The Bertz CT molecular complexity index is 659. The van der Waals surface area contributed by atoms with Crippen LogP contribution in [0.1, 0.15) is 20.8 Å². The minimum atomic E-state index is 0. The van der Waals surface area contributed by atoms with E-state index < -0.39 is 0 Å². The number of hydrogen-bond donors (Lipinski definition) is 0. The molecule has 24 heavy (non-hydrogen) atoms. The van der Waals surface area contributed by atoms with Crippen molar-refractivity contribution in [2.45, 2.75) is 20.8 Å². The summed E-state index contributed by atoms with van der Waals surface area (Å²) < 4.78 is 0. The number of pyridine rings is 2. The molecule has 126 valence electrons. The van der Waals surface area contributed by atoms with E-state index in [-0.39, 0.29) is 26.5 Å². The molecule has 0 atom stereocenters. The standard InChI is InChI=1S/C16H11N2.C5H11.Pt/c1-2-7-13(8-3-1)14-10-6-11-16(18-14)15-9-4-5-12-17-15;1-5(2,3)4;/h1-7,9-12H;1H2,2-4H3;/q2*-1;+2. The molecule has 0 amide bonds. The van der Waals surface area contributed by atoms with Crippen LogP contribution in [0.25, 0.3) is 22.6 Å². The molecule has 0 aliphatic carbocycles. The van der Waals surface area contributed by atoms with E-state index in [0.29, 0.717) is 0 Å². The molecular formula is C21H22N2Pt. The third kappa shape index (κ3) is 7.19. The van der Waals surface area contributed by atoms with Gasteiger partial charge in [-0.1, -0.05) is 39.0 Å². The summed E-state index contributed by atoms with van der Waals surface area (Å²) in [4.78, 5) is 8.93. The molecule has 0 bridgehead atoms. The number of nitrogens with zero attached hydrogens (tertiary/aromatic N) is 2. The van der Waals surface area contributed by atoms with Crippen LogP contribution in [0, 0.1) is 18.4 Å². The van der Waals surface area contributed by atoms with E-state index >= 15 is 0 Å². The summed E-state index contributed by atoms with van der Waals surface area (Å²) in [5.41, 5.74) is 3.93. The van der Waals surface area contributed by atoms with Crippen molar-refractivity contribution >= 4 is 0 Å². The first-order valence-corrected chi connectivity index (χ1v) is 7.64. The Labute approximate surface area is 159 Å². The fourth-order valence-electron chi connectivity index (χ4n) is 1.79. The van der Waals surface area contributed by atoms with Gasteiger partial charge in [0.05, 0.1) is 11.4 Å². The molecule has 0 fully saturated rings. The Morgan fingerprint density at radius 3 is 2.04 bits per heavy atom. The second-order valence-electron chi connectivity index (χ2n) is 6.46. The molecular weight excluding hydrogens is 475 g/mol. The Morgan fingerprint density at radius 2 is 1.46 bits per heavy atom. The summed E-state index contributed by atoms with van der Waals surface area (Å²) in [5.74, 6) is 0. The van der Waals surface area contributed by atoms with Crippen molar-refractivity contribution in [3.8, 4) is 22.6 Å². The van der Waals surface area contributed by atoms with Crippen LogP contribution in [0.3, 0.4) is 0 Å². The number of aromatic nitrogens is 2. The third-order valence-electron chi connectivity index (χ3n) is 2.66. The predicted molar refractivity (Wildman–Crippen MR) is 96.6 cm³/mol. The van der Waals surface area contributed by atoms with Crippen LogP contribution in [-0.2, 0) is 21.1 Å². The molecule has 2 aromatic heterocycles. The van der Waals surface area contributed by atoms with Gasteiger partial charge in [0, 0.05) is 6.20 Å². The van der Waals surface area contributed by atoms with Crippen LogP contribution in [0.5, 0.6) is 0 Å². The summed E-state index contributed by atoms with van der Waals surface area (Å²) in [6.45, 7) is 10.0. The van der Waals surface area contributed by atoms with Crippen LogP contribution in [0.15, 0.2) is 66.9 Å². The van der Waals surface area contributed by atoms with Gasteiger partial charge in [0.1, 0.15) is 0 Å². The van der Waals surface area contributed by atoms with Gasteiger partial charge in [0.2, 0.25) is 0 Å². The van der Waals surface area contributed by atoms with Crippen LogP contribution in [0.4, 0.5) is 0 Å². The molecule has 2 heterocycles. The quantitative estimate of drug-likeness (QED) is 0.439. The second-order valence-corrected chi connectivity index (χ2v) is 6.46. The van der Waals surface area contributed by atoms with Gasteiger partial charge in [0.15, 0.2) is 0 Å². The van der Waals surface area contributed by atoms with Gasteiger partial charge < -0.3 is 6.92 Å². The minimum Gasteiger partial charge on any atom is -0.338 e. The van der Waals surface area contributed by atoms with Gasteiger partial charge in [0.25, 0.3) is 0 Å². The molecule has 0 N–H and O–H groups in total. The summed E-state index contributed by atoms with van der Waals surface area (Å²) in [6, 6.07) is 22.8. The zero-order valence-corrected chi connectivity index (χ0v) is 16.5. The average Bonchev–Trinajstić information content (AvgIpc) is 2.55. The molecule has 0 spiro atoms. The summed E-state index contributed by atoms with van der Waals surface area (Å²) in [7, 11) is 0. The summed E-state index contributed by atoms with van der Waals surface area (Å²) in [5, 5.41) is 0. The molecule has 2 nitrogen and oxygen atoms in total. The van der Waals surface area contributed by atoms with Crippen molar-refractivity contribution < 1.29 is 21.1 Å².